The predicted molar refractivity (Wildman–Crippen MR) is 63.5 cm³/mol. The molecule has 0 heterocycles. The van der Waals surface area contributed by atoms with Gasteiger partial charge >= 0.3 is 0 Å². The third-order valence-electron chi connectivity index (χ3n) is 1.74. The highest BCUT2D eigenvalue weighted by Crippen LogP contribution is 2.22. The summed E-state index contributed by atoms with van der Waals surface area (Å²) in [5.41, 5.74) is 0.449. The van der Waals surface area contributed by atoms with Crippen molar-refractivity contribution in [2.24, 2.45) is 0 Å². The smallest absolute Gasteiger partial charge is 0.187 e. The summed E-state index contributed by atoms with van der Waals surface area (Å²) in [4.78, 5) is 11.6. The van der Waals surface area contributed by atoms with Gasteiger partial charge in [-0.1, -0.05) is 23.2 Å². The number of carbonyl (C=O) groups is 1. The number of halogens is 2. The van der Waals surface area contributed by atoms with Crippen LogP contribution in [-0.2, 0) is 0 Å². The van der Waals surface area contributed by atoms with Crippen LogP contribution in [0.15, 0.2) is 30.5 Å². The number of nitriles is 1. The van der Waals surface area contributed by atoms with Crippen molar-refractivity contribution in [2.45, 2.75) is 0 Å². The minimum absolute atomic E-state index is 0.158. The van der Waals surface area contributed by atoms with E-state index in [1.807, 2.05) is 6.07 Å². The molecule has 0 unspecified atom stereocenters. The van der Waals surface area contributed by atoms with E-state index in [4.69, 9.17) is 28.5 Å². The highest BCUT2D eigenvalue weighted by Gasteiger charge is 2.04. The van der Waals surface area contributed by atoms with Crippen LogP contribution in [0.2, 0.25) is 10.0 Å². The molecule has 0 aromatic heterocycles. The molecule has 16 heavy (non-hydrogen) atoms. The number of allylic oxidation sites excluding steroid dienone is 1. The minimum Gasteiger partial charge on any atom is -0.378 e. The van der Waals surface area contributed by atoms with Crippen molar-refractivity contribution in [1.29, 1.82) is 5.26 Å². The summed E-state index contributed by atoms with van der Waals surface area (Å²) in [7, 11) is 0. The molecule has 0 saturated carbocycles. The maximum absolute atomic E-state index is 11.6. The maximum Gasteiger partial charge on any atom is 0.187 e. The largest absolute Gasteiger partial charge is 0.378 e. The van der Waals surface area contributed by atoms with Crippen molar-refractivity contribution in [3.05, 3.63) is 46.1 Å². The first-order chi connectivity index (χ1) is 7.65. The van der Waals surface area contributed by atoms with Crippen molar-refractivity contribution < 1.29 is 4.79 Å². The Kier molecular flexibility index (Phi) is 4.84. The van der Waals surface area contributed by atoms with Crippen LogP contribution in [0.4, 0.5) is 0 Å². The molecule has 0 aliphatic rings. The average Bonchev–Trinajstić information content (AvgIpc) is 2.28. The SMILES string of the molecule is N#CCN/C=C\C(=O)c1ccc(Cl)c(Cl)c1. The van der Waals surface area contributed by atoms with Crippen molar-refractivity contribution in [3.63, 3.8) is 0 Å². The van der Waals surface area contributed by atoms with Gasteiger partial charge in [0.05, 0.1) is 16.1 Å². The molecule has 1 aromatic rings. The lowest BCUT2D eigenvalue weighted by atomic mass is 10.1. The summed E-state index contributed by atoms with van der Waals surface area (Å²) in [6.07, 6.45) is 2.75. The molecule has 82 valence electrons. The number of carbonyl (C=O) groups excluding carboxylic acids is 1. The van der Waals surface area contributed by atoms with Crippen molar-refractivity contribution in [3.8, 4) is 6.07 Å². The summed E-state index contributed by atoms with van der Waals surface area (Å²) >= 11 is 11.5. The summed E-state index contributed by atoms with van der Waals surface area (Å²) < 4.78 is 0. The minimum atomic E-state index is -0.205. The molecule has 1 rings (SSSR count). The molecule has 0 amide bonds. The predicted octanol–water partition coefficient (Wildman–Crippen LogP) is 2.80. The number of nitrogens with one attached hydrogen (secondary N) is 1. The van der Waals surface area contributed by atoms with Crippen LogP contribution in [0.25, 0.3) is 0 Å². The lowest BCUT2D eigenvalue weighted by Gasteiger charge is -1.98. The van der Waals surface area contributed by atoms with Crippen molar-refractivity contribution in [1.82, 2.24) is 5.32 Å². The second-order valence-corrected chi connectivity index (χ2v) is 3.68. The van der Waals surface area contributed by atoms with Gasteiger partial charge < -0.3 is 5.32 Å². The zero-order chi connectivity index (χ0) is 12.0. The van der Waals surface area contributed by atoms with Crippen LogP contribution in [0, 0.1) is 11.3 Å². The highest BCUT2D eigenvalue weighted by molar-refractivity contribution is 6.42. The highest BCUT2D eigenvalue weighted by atomic mass is 35.5. The van der Waals surface area contributed by atoms with Crippen molar-refractivity contribution in [2.75, 3.05) is 6.54 Å². The van der Waals surface area contributed by atoms with Gasteiger partial charge in [0.1, 0.15) is 6.54 Å². The molecule has 3 nitrogen and oxygen atoms in total. The van der Waals surface area contributed by atoms with Crippen LogP contribution in [0.3, 0.4) is 0 Å². The van der Waals surface area contributed by atoms with Gasteiger partial charge in [0.15, 0.2) is 5.78 Å². The molecular formula is C11H8Cl2N2O. The third kappa shape index (κ3) is 3.58. The Hall–Kier alpha value is -1.50. The summed E-state index contributed by atoms with van der Waals surface area (Å²) in [6.45, 7) is 0.158. The lowest BCUT2D eigenvalue weighted by Crippen LogP contribution is -2.05. The number of ketones is 1. The summed E-state index contributed by atoms with van der Waals surface area (Å²) in [5.74, 6) is -0.205. The van der Waals surface area contributed by atoms with E-state index in [-0.39, 0.29) is 12.3 Å². The molecule has 5 heteroatoms. The number of rotatable bonds is 4. The number of benzene rings is 1. The molecule has 1 N–H and O–H groups in total. The van der Waals surface area contributed by atoms with Gasteiger partial charge in [0, 0.05) is 17.8 Å². The number of nitrogens with zero attached hydrogens (tertiary/aromatic N) is 1. The van der Waals surface area contributed by atoms with E-state index in [2.05, 4.69) is 5.32 Å². The normalized spacial score (nSPS) is 10.1. The number of hydrogen-bond acceptors (Lipinski definition) is 3. The Morgan fingerprint density at radius 2 is 2.19 bits per heavy atom. The Morgan fingerprint density at radius 1 is 1.44 bits per heavy atom. The van der Waals surface area contributed by atoms with Gasteiger partial charge in [-0.3, -0.25) is 4.79 Å². The van der Waals surface area contributed by atoms with E-state index in [9.17, 15) is 4.79 Å². The van der Waals surface area contributed by atoms with E-state index in [0.29, 0.717) is 15.6 Å². The van der Waals surface area contributed by atoms with E-state index >= 15 is 0 Å². The Balaban J connectivity index is 2.70. The van der Waals surface area contributed by atoms with E-state index in [0.717, 1.165) is 0 Å². The molecule has 0 fully saturated rings. The standard InChI is InChI=1S/C11H8Cl2N2O/c12-9-2-1-8(7-10(9)13)11(16)3-5-15-6-4-14/h1-3,5,7,15H,6H2/b5-3-. The monoisotopic (exact) mass is 254 g/mol. The van der Waals surface area contributed by atoms with Crippen LogP contribution >= 0.6 is 23.2 Å². The topological polar surface area (TPSA) is 52.9 Å². The molecular weight excluding hydrogens is 247 g/mol. The van der Waals surface area contributed by atoms with Gasteiger partial charge in [-0.15, -0.1) is 0 Å². The van der Waals surface area contributed by atoms with Crippen molar-refractivity contribution >= 4 is 29.0 Å². The van der Waals surface area contributed by atoms with Crippen LogP contribution in [-0.4, -0.2) is 12.3 Å². The molecule has 0 atom stereocenters. The zero-order valence-electron chi connectivity index (χ0n) is 8.21. The second-order valence-electron chi connectivity index (χ2n) is 2.87. The van der Waals surface area contributed by atoms with Gasteiger partial charge in [-0.05, 0) is 18.2 Å². The molecule has 1 aromatic carbocycles. The van der Waals surface area contributed by atoms with Crippen LogP contribution in [0.1, 0.15) is 10.4 Å². The summed E-state index contributed by atoms with van der Waals surface area (Å²) in [5, 5.41) is 11.6. The molecule has 0 radical (unpaired) electrons. The second kappa shape index (κ2) is 6.16. The quantitative estimate of drug-likeness (QED) is 0.389. The fraction of sp³-hybridized carbons (Fsp3) is 0.0909. The fourth-order valence-corrected chi connectivity index (χ4v) is 1.28. The lowest BCUT2D eigenvalue weighted by molar-refractivity contribution is 0.104. The Bertz CT molecular complexity index is 464. The van der Waals surface area contributed by atoms with Gasteiger partial charge in [0.25, 0.3) is 0 Å². The van der Waals surface area contributed by atoms with E-state index in [1.165, 1.54) is 18.3 Å². The first kappa shape index (κ1) is 12.6. The summed E-state index contributed by atoms with van der Waals surface area (Å²) in [6, 6.07) is 6.54. The Morgan fingerprint density at radius 3 is 2.81 bits per heavy atom. The molecule has 0 aliphatic heterocycles. The van der Waals surface area contributed by atoms with Gasteiger partial charge in [-0.2, -0.15) is 5.26 Å². The first-order valence-electron chi connectivity index (χ1n) is 4.41. The van der Waals surface area contributed by atoms with Crippen LogP contribution in [0.5, 0.6) is 0 Å². The molecule has 0 spiro atoms. The van der Waals surface area contributed by atoms with Crippen LogP contribution < -0.4 is 5.32 Å². The maximum atomic E-state index is 11.6. The van der Waals surface area contributed by atoms with E-state index in [1.54, 1.807) is 12.1 Å². The van der Waals surface area contributed by atoms with Gasteiger partial charge in [0.2, 0.25) is 0 Å². The van der Waals surface area contributed by atoms with E-state index < -0.39 is 0 Å². The first-order valence-corrected chi connectivity index (χ1v) is 5.17. The zero-order valence-corrected chi connectivity index (χ0v) is 9.72. The Labute approximate surface area is 103 Å². The van der Waals surface area contributed by atoms with Gasteiger partial charge in [-0.25, -0.2) is 0 Å². The fourth-order valence-electron chi connectivity index (χ4n) is 0.985. The average molecular weight is 255 g/mol. The molecule has 0 bridgehead atoms. The molecule has 0 aliphatic carbocycles. The molecule has 0 saturated heterocycles. The third-order valence-corrected chi connectivity index (χ3v) is 2.48. The number of hydrogen-bond donors (Lipinski definition) is 1.